The predicted octanol–water partition coefficient (Wildman–Crippen LogP) is 3.86. The molecule has 1 saturated heterocycles. The van der Waals surface area contributed by atoms with Gasteiger partial charge >= 0.3 is 0 Å². The van der Waals surface area contributed by atoms with Gasteiger partial charge in [0.15, 0.2) is 0 Å². The fourth-order valence-electron chi connectivity index (χ4n) is 3.08. The number of rotatable bonds is 4. The second-order valence-corrected chi connectivity index (χ2v) is 7.23. The van der Waals surface area contributed by atoms with Gasteiger partial charge in [0.1, 0.15) is 5.75 Å². The van der Waals surface area contributed by atoms with Crippen LogP contribution in [0.4, 0.5) is 0 Å². The topological polar surface area (TPSA) is 29.5 Å². The molecule has 1 aliphatic heterocycles. The summed E-state index contributed by atoms with van der Waals surface area (Å²) in [6.45, 7) is 2.89. The van der Waals surface area contributed by atoms with Gasteiger partial charge in [0.05, 0.1) is 19.6 Å². The second kappa shape index (κ2) is 7.75. The summed E-state index contributed by atoms with van der Waals surface area (Å²) in [7, 11) is 1.65. The number of ether oxygens (including phenoxy) is 1. The zero-order valence-electron chi connectivity index (χ0n) is 14.2. The molecule has 0 aliphatic carbocycles. The van der Waals surface area contributed by atoms with E-state index in [9.17, 15) is 4.79 Å². The number of benzene rings is 2. The number of methoxy groups -OCH3 is 1. The molecule has 4 heteroatoms. The average molecular weight is 341 g/mol. The van der Waals surface area contributed by atoms with E-state index in [-0.39, 0.29) is 11.9 Å². The molecule has 1 heterocycles. The number of hydrogen-bond donors (Lipinski definition) is 0. The van der Waals surface area contributed by atoms with Crippen molar-refractivity contribution >= 4 is 17.7 Å². The third-order valence-electron chi connectivity index (χ3n) is 4.45. The first-order chi connectivity index (χ1) is 11.7. The fourth-order valence-corrected chi connectivity index (χ4v) is 4.17. The van der Waals surface area contributed by atoms with Crippen molar-refractivity contribution in [1.29, 1.82) is 0 Å². The van der Waals surface area contributed by atoms with Crippen molar-refractivity contribution in [3.8, 4) is 5.75 Å². The van der Waals surface area contributed by atoms with E-state index in [0.29, 0.717) is 6.42 Å². The van der Waals surface area contributed by atoms with Crippen LogP contribution in [0.3, 0.4) is 0 Å². The summed E-state index contributed by atoms with van der Waals surface area (Å²) in [4.78, 5) is 15.0. The van der Waals surface area contributed by atoms with Crippen molar-refractivity contribution in [1.82, 2.24) is 4.90 Å². The number of aryl methyl sites for hydroxylation is 1. The molecular weight excluding hydrogens is 318 g/mol. The summed E-state index contributed by atoms with van der Waals surface area (Å²) >= 11 is 1.92. The number of para-hydroxylation sites is 1. The quantitative estimate of drug-likeness (QED) is 0.846. The van der Waals surface area contributed by atoms with Gasteiger partial charge in [-0.15, -0.1) is 0 Å². The van der Waals surface area contributed by atoms with E-state index in [2.05, 4.69) is 31.2 Å². The predicted molar refractivity (Wildman–Crippen MR) is 99.7 cm³/mol. The van der Waals surface area contributed by atoms with Crippen molar-refractivity contribution in [3.63, 3.8) is 0 Å². The molecule has 0 unspecified atom stereocenters. The summed E-state index contributed by atoms with van der Waals surface area (Å²) in [6, 6.07) is 16.5. The van der Waals surface area contributed by atoms with Gasteiger partial charge in [-0.25, -0.2) is 0 Å². The highest BCUT2D eigenvalue weighted by molar-refractivity contribution is 7.99. The van der Waals surface area contributed by atoms with Crippen LogP contribution < -0.4 is 4.74 Å². The Kier molecular flexibility index (Phi) is 5.46. The molecule has 0 bridgehead atoms. The van der Waals surface area contributed by atoms with Crippen molar-refractivity contribution < 1.29 is 9.53 Å². The number of hydrogen-bond acceptors (Lipinski definition) is 3. The van der Waals surface area contributed by atoms with E-state index in [0.717, 1.165) is 29.4 Å². The molecule has 0 N–H and O–H groups in total. The lowest BCUT2D eigenvalue weighted by molar-refractivity contribution is -0.132. The van der Waals surface area contributed by atoms with E-state index in [1.165, 1.54) is 11.1 Å². The van der Waals surface area contributed by atoms with E-state index in [1.54, 1.807) is 7.11 Å². The Morgan fingerprint density at radius 1 is 1.21 bits per heavy atom. The Hall–Kier alpha value is -1.94. The first-order valence-electron chi connectivity index (χ1n) is 8.24. The number of thioether (sulfide) groups is 1. The molecule has 2 aromatic rings. The number of nitrogens with zero attached hydrogens (tertiary/aromatic N) is 1. The van der Waals surface area contributed by atoms with Crippen LogP contribution in [-0.2, 0) is 11.2 Å². The van der Waals surface area contributed by atoms with Crippen LogP contribution in [0.15, 0.2) is 48.5 Å². The maximum atomic E-state index is 12.9. The Balaban J connectivity index is 1.79. The second-order valence-electron chi connectivity index (χ2n) is 6.08. The average Bonchev–Trinajstić information content (AvgIpc) is 2.63. The molecule has 0 spiro atoms. The smallest absolute Gasteiger partial charge is 0.227 e. The minimum absolute atomic E-state index is 0.159. The summed E-state index contributed by atoms with van der Waals surface area (Å²) in [5.41, 5.74) is 3.42. The van der Waals surface area contributed by atoms with E-state index in [4.69, 9.17) is 4.74 Å². The molecule has 2 aromatic carbocycles. The normalized spacial score (nSPS) is 17.6. The van der Waals surface area contributed by atoms with Gasteiger partial charge in [-0.3, -0.25) is 4.79 Å². The standard InChI is InChI=1S/C20H23NO2S/c1-15-7-9-16(10-8-15)18-14-24-12-11-21(18)20(22)13-17-5-3-4-6-19(17)23-2/h3-10,18H,11-14H2,1-2H3/t18-/m0/s1. The lowest BCUT2D eigenvalue weighted by Gasteiger charge is -2.36. The summed E-state index contributed by atoms with van der Waals surface area (Å²) in [6.07, 6.45) is 0.386. The maximum absolute atomic E-state index is 12.9. The number of carbonyl (C=O) groups is 1. The lowest BCUT2D eigenvalue weighted by atomic mass is 10.0. The fraction of sp³-hybridized carbons (Fsp3) is 0.350. The summed E-state index contributed by atoms with van der Waals surface area (Å²) in [5, 5.41) is 0. The van der Waals surface area contributed by atoms with Crippen molar-refractivity contribution in [3.05, 3.63) is 65.2 Å². The highest BCUT2D eigenvalue weighted by atomic mass is 32.2. The molecule has 1 fully saturated rings. The highest BCUT2D eigenvalue weighted by Gasteiger charge is 2.28. The monoisotopic (exact) mass is 341 g/mol. The zero-order chi connectivity index (χ0) is 16.9. The van der Waals surface area contributed by atoms with Gasteiger partial charge in [-0.2, -0.15) is 11.8 Å². The van der Waals surface area contributed by atoms with Gasteiger partial charge in [0.2, 0.25) is 5.91 Å². The van der Waals surface area contributed by atoms with Crippen LogP contribution >= 0.6 is 11.8 Å². The summed E-state index contributed by atoms with van der Waals surface area (Å²) in [5.74, 6) is 2.91. The van der Waals surface area contributed by atoms with Gasteiger partial charge in [-0.1, -0.05) is 48.0 Å². The zero-order valence-corrected chi connectivity index (χ0v) is 15.0. The molecular formula is C20H23NO2S. The van der Waals surface area contributed by atoms with E-state index >= 15 is 0 Å². The van der Waals surface area contributed by atoms with Crippen LogP contribution in [-0.4, -0.2) is 36.0 Å². The Morgan fingerprint density at radius 2 is 1.96 bits per heavy atom. The molecule has 1 amide bonds. The van der Waals surface area contributed by atoms with E-state index in [1.807, 2.05) is 40.9 Å². The van der Waals surface area contributed by atoms with Crippen LogP contribution in [0.1, 0.15) is 22.7 Å². The van der Waals surface area contributed by atoms with Crippen LogP contribution in [0.5, 0.6) is 5.75 Å². The first kappa shape index (κ1) is 16.9. The van der Waals surface area contributed by atoms with Crippen LogP contribution in [0.2, 0.25) is 0 Å². The molecule has 3 nitrogen and oxygen atoms in total. The van der Waals surface area contributed by atoms with Crippen LogP contribution in [0, 0.1) is 6.92 Å². The van der Waals surface area contributed by atoms with Crippen molar-refractivity contribution in [2.75, 3.05) is 25.2 Å². The molecule has 24 heavy (non-hydrogen) atoms. The third kappa shape index (κ3) is 3.75. The van der Waals surface area contributed by atoms with Crippen molar-refractivity contribution in [2.24, 2.45) is 0 Å². The van der Waals surface area contributed by atoms with Gasteiger partial charge in [0, 0.05) is 23.6 Å². The largest absolute Gasteiger partial charge is 0.496 e. The molecule has 3 rings (SSSR count). The molecule has 1 aliphatic rings. The molecule has 0 radical (unpaired) electrons. The highest BCUT2D eigenvalue weighted by Crippen LogP contribution is 2.31. The van der Waals surface area contributed by atoms with Gasteiger partial charge in [0.25, 0.3) is 0 Å². The first-order valence-corrected chi connectivity index (χ1v) is 9.40. The number of carbonyl (C=O) groups excluding carboxylic acids is 1. The Morgan fingerprint density at radius 3 is 2.71 bits per heavy atom. The SMILES string of the molecule is COc1ccccc1CC(=O)N1CCSC[C@H]1c1ccc(C)cc1. The van der Waals surface area contributed by atoms with Gasteiger partial charge in [-0.05, 0) is 18.6 Å². The number of amides is 1. The maximum Gasteiger partial charge on any atom is 0.227 e. The molecule has 0 saturated carbocycles. The van der Waals surface area contributed by atoms with Crippen LogP contribution in [0.25, 0.3) is 0 Å². The van der Waals surface area contributed by atoms with E-state index < -0.39 is 0 Å². The Bertz CT molecular complexity index is 699. The Labute approximate surface area is 148 Å². The summed E-state index contributed by atoms with van der Waals surface area (Å²) < 4.78 is 5.38. The third-order valence-corrected chi connectivity index (χ3v) is 5.47. The lowest BCUT2D eigenvalue weighted by Crippen LogP contribution is -2.41. The molecule has 0 aromatic heterocycles. The molecule has 1 atom stereocenters. The minimum atomic E-state index is 0.159. The molecule has 126 valence electrons. The minimum Gasteiger partial charge on any atom is -0.496 e. The van der Waals surface area contributed by atoms with Crippen molar-refractivity contribution in [2.45, 2.75) is 19.4 Å². The van der Waals surface area contributed by atoms with Gasteiger partial charge < -0.3 is 9.64 Å².